The van der Waals surface area contributed by atoms with Gasteiger partial charge in [-0.05, 0) is 25.6 Å². The van der Waals surface area contributed by atoms with Gasteiger partial charge in [-0.2, -0.15) is 0 Å². The van der Waals surface area contributed by atoms with Crippen molar-refractivity contribution in [3.05, 3.63) is 30.3 Å². The Bertz CT molecular complexity index is 413. The molecule has 2 N–H and O–H groups in total. The minimum absolute atomic E-state index is 0.594. The van der Waals surface area contributed by atoms with Crippen LogP contribution in [0.4, 0.5) is 0 Å². The molecule has 86 valence electrons. The molecule has 0 aliphatic carbocycles. The highest BCUT2D eigenvalue weighted by atomic mass is 32.2. The summed E-state index contributed by atoms with van der Waals surface area (Å²) < 4.78 is 0. The van der Waals surface area contributed by atoms with Gasteiger partial charge in [0.25, 0.3) is 0 Å². The predicted octanol–water partition coefficient (Wildman–Crippen LogP) is 3.26. The maximum atomic E-state index is 3.43. The van der Waals surface area contributed by atoms with Crippen molar-refractivity contribution in [3.8, 4) is 0 Å². The zero-order valence-electron chi connectivity index (χ0n) is 9.79. The lowest BCUT2D eigenvalue weighted by Gasteiger charge is -2.11. The molecule has 1 atom stereocenters. The predicted molar refractivity (Wildman–Crippen MR) is 72.2 cm³/mol. The van der Waals surface area contributed by atoms with Crippen LogP contribution in [0.2, 0.25) is 0 Å². The Morgan fingerprint density at radius 3 is 2.88 bits per heavy atom. The molecule has 0 fully saturated rings. The molecule has 0 amide bonds. The van der Waals surface area contributed by atoms with Crippen LogP contribution in [-0.2, 0) is 0 Å². The number of aromatic amines is 1. The second kappa shape index (κ2) is 5.41. The normalized spacial score (nSPS) is 13.1. The first kappa shape index (κ1) is 11.6. The van der Waals surface area contributed by atoms with E-state index in [1.54, 1.807) is 0 Å². The lowest BCUT2D eigenvalue weighted by molar-refractivity contribution is 0.601. The molecule has 0 saturated carbocycles. The van der Waals surface area contributed by atoms with Crippen molar-refractivity contribution in [1.82, 2.24) is 10.3 Å². The molecule has 3 heteroatoms. The third kappa shape index (κ3) is 2.60. The van der Waals surface area contributed by atoms with Gasteiger partial charge in [0.1, 0.15) is 0 Å². The summed E-state index contributed by atoms with van der Waals surface area (Å²) in [6.45, 7) is 2.22. The van der Waals surface area contributed by atoms with E-state index in [-0.39, 0.29) is 0 Å². The lowest BCUT2D eigenvalue weighted by atomic mass is 10.3. The molecule has 1 unspecified atom stereocenters. The summed E-state index contributed by atoms with van der Waals surface area (Å²) in [5.74, 6) is 1.11. The number of hydrogen-bond donors (Lipinski definition) is 2. The number of aromatic nitrogens is 1. The summed E-state index contributed by atoms with van der Waals surface area (Å²) in [7, 11) is 2.03. The summed E-state index contributed by atoms with van der Waals surface area (Å²) in [6, 6.07) is 11.2. The van der Waals surface area contributed by atoms with Gasteiger partial charge in [0.15, 0.2) is 0 Å². The first-order valence-corrected chi connectivity index (χ1v) is 6.70. The van der Waals surface area contributed by atoms with Crippen LogP contribution in [0.25, 0.3) is 10.9 Å². The molecule has 0 aliphatic rings. The zero-order chi connectivity index (χ0) is 11.4. The molecule has 2 aromatic rings. The van der Waals surface area contributed by atoms with Crippen LogP contribution >= 0.6 is 11.8 Å². The number of thioether (sulfide) groups is 1. The largest absolute Gasteiger partial charge is 0.350 e. The van der Waals surface area contributed by atoms with Gasteiger partial charge in [-0.3, -0.25) is 0 Å². The minimum atomic E-state index is 0.594. The van der Waals surface area contributed by atoms with E-state index in [1.165, 1.54) is 22.3 Å². The van der Waals surface area contributed by atoms with Crippen molar-refractivity contribution in [3.63, 3.8) is 0 Å². The van der Waals surface area contributed by atoms with Crippen LogP contribution in [0.3, 0.4) is 0 Å². The Balaban J connectivity index is 2.04. The van der Waals surface area contributed by atoms with E-state index in [9.17, 15) is 0 Å². The molecule has 2 nitrogen and oxygen atoms in total. The fourth-order valence-corrected chi connectivity index (χ4v) is 2.90. The molecule has 0 bridgehead atoms. The van der Waals surface area contributed by atoms with Gasteiger partial charge < -0.3 is 10.3 Å². The van der Waals surface area contributed by atoms with Crippen molar-refractivity contribution in [2.75, 3.05) is 12.8 Å². The monoisotopic (exact) mass is 234 g/mol. The standard InChI is InChI=1S/C13H18N2S/c1-3-11(14-2)9-16-13-8-10-6-4-5-7-12(10)15-13/h4-8,11,14-15H,3,9H2,1-2H3. The summed E-state index contributed by atoms with van der Waals surface area (Å²) in [5, 5.41) is 5.87. The topological polar surface area (TPSA) is 27.8 Å². The molecule has 1 aromatic carbocycles. The summed E-state index contributed by atoms with van der Waals surface area (Å²) >= 11 is 1.89. The third-order valence-electron chi connectivity index (χ3n) is 2.85. The molecular formula is C13H18N2S. The Labute approximate surface area is 101 Å². The van der Waals surface area contributed by atoms with Gasteiger partial charge in [0.05, 0.1) is 5.03 Å². The number of H-pyrrole nitrogens is 1. The Morgan fingerprint density at radius 2 is 2.19 bits per heavy atom. The van der Waals surface area contributed by atoms with E-state index in [0.29, 0.717) is 6.04 Å². The second-order valence-electron chi connectivity index (χ2n) is 3.93. The van der Waals surface area contributed by atoms with Crippen LogP contribution in [0, 0.1) is 0 Å². The maximum Gasteiger partial charge on any atom is 0.0733 e. The molecule has 2 rings (SSSR count). The van der Waals surface area contributed by atoms with E-state index < -0.39 is 0 Å². The first-order valence-electron chi connectivity index (χ1n) is 5.71. The van der Waals surface area contributed by atoms with Crippen molar-refractivity contribution < 1.29 is 0 Å². The van der Waals surface area contributed by atoms with Gasteiger partial charge in [-0.1, -0.05) is 25.1 Å². The lowest BCUT2D eigenvalue weighted by Crippen LogP contribution is -2.26. The SMILES string of the molecule is CCC(CSc1cc2ccccc2[nH]1)NC. The second-order valence-corrected chi connectivity index (χ2v) is 4.99. The van der Waals surface area contributed by atoms with Gasteiger partial charge in [0.2, 0.25) is 0 Å². The first-order chi connectivity index (χ1) is 7.83. The summed E-state index contributed by atoms with van der Waals surface area (Å²) in [4.78, 5) is 3.43. The van der Waals surface area contributed by atoms with Gasteiger partial charge in [-0.25, -0.2) is 0 Å². The molecular weight excluding hydrogens is 216 g/mol. The highest BCUT2D eigenvalue weighted by Gasteiger charge is 2.05. The summed E-state index contributed by atoms with van der Waals surface area (Å²) in [6.07, 6.45) is 1.17. The quantitative estimate of drug-likeness (QED) is 0.777. The Hall–Kier alpha value is -0.930. The van der Waals surface area contributed by atoms with Crippen molar-refractivity contribution in [1.29, 1.82) is 0 Å². The number of benzene rings is 1. The fraction of sp³-hybridized carbons (Fsp3) is 0.385. The maximum absolute atomic E-state index is 3.43. The number of nitrogens with one attached hydrogen (secondary N) is 2. The zero-order valence-corrected chi connectivity index (χ0v) is 10.6. The van der Waals surface area contributed by atoms with Gasteiger partial charge >= 0.3 is 0 Å². The Kier molecular flexibility index (Phi) is 3.91. The van der Waals surface area contributed by atoms with Crippen molar-refractivity contribution in [2.45, 2.75) is 24.4 Å². The number of fused-ring (bicyclic) bond motifs is 1. The van der Waals surface area contributed by atoms with Gasteiger partial charge in [0, 0.05) is 22.7 Å². The van der Waals surface area contributed by atoms with E-state index >= 15 is 0 Å². The smallest absolute Gasteiger partial charge is 0.0733 e. The molecule has 1 aromatic heterocycles. The van der Waals surface area contributed by atoms with E-state index in [1.807, 2.05) is 18.8 Å². The Morgan fingerprint density at radius 1 is 1.38 bits per heavy atom. The minimum Gasteiger partial charge on any atom is -0.350 e. The van der Waals surface area contributed by atoms with E-state index in [4.69, 9.17) is 0 Å². The molecule has 0 radical (unpaired) electrons. The van der Waals surface area contributed by atoms with E-state index in [2.05, 4.69) is 47.6 Å². The van der Waals surface area contributed by atoms with E-state index in [0.717, 1.165) is 5.75 Å². The van der Waals surface area contributed by atoms with Crippen molar-refractivity contribution >= 4 is 22.7 Å². The number of para-hydroxylation sites is 1. The number of rotatable bonds is 5. The fourth-order valence-electron chi connectivity index (χ4n) is 1.72. The molecule has 0 aliphatic heterocycles. The van der Waals surface area contributed by atoms with Crippen LogP contribution in [-0.4, -0.2) is 23.8 Å². The van der Waals surface area contributed by atoms with Crippen molar-refractivity contribution in [2.24, 2.45) is 0 Å². The molecule has 0 spiro atoms. The average Bonchev–Trinajstić information content (AvgIpc) is 2.73. The highest BCUT2D eigenvalue weighted by molar-refractivity contribution is 7.99. The average molecular weight is 234 g/mol. The van der Waals surface area contributed by atoms with Gasteiger partial charge in [-0.15, -0.1) is 11.8 Å². The van der Waals surface area contributed by atoms with Crippen LogP contribution in [0.5, 0.6) is 0 Å². The molecule has 16 heavy (non-hydrogen) atoms. The van der Waals surface area contributed by atoms with Crippen LogP contribution < -0.4 is 5.32 Å². The highest BCUT2D eigenvalue weighted by Crippen LogP contribution is 2.23. The number of hydrogen-bond acceptors (Lipinski definition) is 2. The molecule has 1 heterocycles. The van der Waals surface area contributed by atoms with Crippen LogP contribution in [0.15, 0.2) is 35.4 Å². The third-order valence-corrected chi connectivity index (χ3v) is 3.95. The summed E-state index contributed by atoms with van der Waals surface area (Å²) in [5.41, 5.74) is 1.22. The van der Waals surface area contributed by atoms with Crippen LogP contribution in [0.1, 0.15) is 13.3 Å². The molecule has 0 saturated heterocycles.